The SMILES string of the molecule is O=S(=O)(c1cccc2ccccc12)N1CCSCC1. The Labute approximate surface area is 117 Å². The zero-order valence-electron chi connectivity index (χ0n) is 10.5. The van der Waals surface area contributed by atoms with Crippen LogP contribution in [0.4, 0.5) is 0 Å². The zero-order valence-corrected chi connectivity index (χ0v) is 12.1. The third kappa shape index (κ3) is 2.38. The van der Waals surface area contributed by atoms with Gasteiger partial charge >= 0.3 is 0 Å². The monoisotopic (exact) mass is 293 g/mol. The van der Waals surface area contributed by atoms with Crippen LogP contribution < -0.4 is 0 Å². The first kappa shape index (κ1) is 13.0. The van der Waals surface area contributed by atoms with Crippen LogP contribution in [-0.2, 0) is 10.0 Å². The fraction of sp³-hybridized carbons (Fsp3) is 0.286. The van der Waals surface area contributed by atoms with E-state index < -0.39 is 10.0 Å². The highest BCUT2D eigenvalue weighted by Gasteiger charge is 2.27. The van der Waals surface area contributed by atoms with Crippen LogP contribution in [0.1, 0.15) is 0 Å². The third-order valence-corrected chi connectivity index (χ3v) is 6.24. The zero-order chi connectivity index (χ0) is 13.3. The van der Waals surface area contributed by atoms with Crippen LogP contribution in [0.3, 0.4) is 0 Å². The van der Waals surface area contributed by atoms with E-state index in [2.05, 4.69) is 0 Å². The predicted octanol–water partition coefficient (Wildman–Crippen LogP) is 2.58. The van der Waals surface area contributed by atoms with Gasteiger partial charge in [0.25, 0.3) is 0 Å². The van der Waals surface area contributed by atoms with Gasteiger partial charge in [0.05, 0.1) is 4.90 Å². The molecule has 0 radical (unpaired) electrons. The van der Waals surface area contributed by atoms with Gasteiger partial charge in [0.2, 0.25) is 10.0 Å². The number of nitrogens with zero attached hydrogens (tertiary/aromatic N) is 1. The lowest BCUT2D eigenvalue weighted by atomic mass is 10.1. The molecule has 0 aromatic heterocycles. The van der Waals surface area contributed by atoms with Crippen LogP contribution >= 0.6 is 11.8 Å². The molecule has 3 nitrogen and oxygen atoms in total. The number of rotatable bonds is 2. The summed E-state index contributed by atoms with van der Waals surface area (Å²) in [5.74, 6) is 1.76. The smallest absolute Gasteiger partial charge is 0.207 e. The molecule has 19 heavy (non-hydrogen) atoms. The fourth-order valence-electron chi connectivity index (χ4n) is 2.35. The maximum Gasteiger partial charge on any atom is 0.243 e. The van der Waals surface area contributed by atoms with Gasteiger partial charge in [0.15, 0.2) is 0 Å². The molecule has 0 spiro atoms. The molecule has 1 aliphatic heterocycles. The molecule has 1 saturated heterocycles. The van der Waals surface area contributed by atoms with E-state index in [1.165, 1.54) is 0 Å². The summed E-state index contributed by atoms with van der Waals surface area (Å²) in [7, 11) is -3.37. The minimum absolute atomic E-state index is 0.428. The number of sulfonamides is 1. The lowest BCUT2D eigenvalue weighted by molar-refractivity contribution is 0.444. The van der Waals surface area contributed by atoms with Crippen molar-refractivity contribution >= 4 is 32.6 Å². The molecule has 0 N–H and O–H groups in total. The van der Waals surface area contributed by atoms with Crippen LogP contribution in [0.2, 0.25) is 0 Å². The highest BCUT2D eigenvalue weighted by atomic mass is 32.2. The van der Waals surface area contributed by atoms with E-state index in [4.69, 9.17) is 0 Å². The molecule has 0 amide bonds. The molecule has 0 aliphatic carbocycles. The van der Waals surface area contributed by atoms with Crippen molar-refractivity contribution in [1.29, 1.82) is 0 Å². The Kier molecular flexibility index (Phi) is 3.52. The normalized spacial score (nSPS) is 17.7. The molecule has 1 fully saturated rings. The first-order valence-corrected chi connectivity index (χ1v) is 8.85. The quantitative estimate of drug-likeness (QED) is 0.854. The Balaban J connectivity index is 2.12. The Morgan fingerprint density at radius 1 is 0.947 bits per heavy atom. The van der Waals surface area contributed by atoms with Gasteiger partial charge in [0, 0.05) is 30.0 Å². The summed E-state index contributed by atoms with van der Waals surface area (Å²) >= 11 is 1.81. The van der Waals surface area contributed by atoms with Crippen molar-refractivity contribution in [2.75, 3.05) is 24.6 Å². The van der Waals surface area contributed by atoms with Gasteiger partial charge in [-0.25, -0.2) is 8.42 Å². The second-order valence-corrected chi connectivity index (χ2v) is 7.62. The second-order valence-electron chi connectivity index (χ2n) is 4.49. The lowest BCUT2D eigenvalue weighted by Crippen LogP contribution is -2.37. The van der Waals surface area contributed by atoms with Crippen molar-refractivity contribution in [3.63, 3.8) is 0 Å². The van der Waals surface area contributed by atoms with E-state index in [0.29, 0.717) is 18.0 Å². The summed E-state index contributed by atoms with van der Waals surface area (Å²) in [5.41, 5.74) is 0. The van der Waals surface area contributed by atoms with Crippen LogP contribution in [0, 0.1) is 0 Å². The Morgan fingerprint density at radius 3 is 2.42 bits per heavy atom. The van der Waals surface area contributed by atoms with Gasteiger partial charge < -0.3 is 0 Å². The predicted molar refractivity (Wildman–Crippen MR) is 80.0 cm³/mol. The molecule has 2 aromatic rings. The Bertz CT molecular complexity index is 686. The summed E-state index contributed by atoms with van der Waals surface area (Å²) < 4.78 is 27.0. The second kappa shape index (κ2) is 5.15. The van der Waals surface area contributed by atoms with Crippen LogP contribution in [0.5, 0.6) is 0 Å². The number of hydrogen-bond donors (Lipinski definition) is 0. The first-order valence-electron chi connectivity index (χ1n) is 6.25. The van der Waals surface area contributed by atoms with Crippen molar-refractivity contribution in [2.24, 2.45) is 0 Å². The van der Waals surface area contributed by atoms with Crippen molar-refractivity contribution in [3.8, 4) is 0 Å². The molecule has 0 bridgehead atoms. The summed E-state index contributed by atoms with van der Waals surface area (Å²) in [5, 5.41) is 1.78. The summed E-state index contributed by atoms with van der Waals surface area (Å²) in [4.78, 5) is 0.428. The molecule has 0 unspecified atom stereocenters. The van der Waals surface area contributed by atoms with Crippen LogP contribution in [-0.4, -0.2) is 37.3 Å². The first-order chi connectivity index (χ1) is 9.19. The molecule has 0 saturated carbocycles. The molecular formula is C14H15NO2S2. The van der Waals surface area contributed by atoms with E-state index in [1.807, 2.05) is 48.2 Å². The van der Waals surface area contributed by atoms with Gasteiger partial charge in [-0.15, -0.1) is 0 Å². The lowest BCUT2D eigenvalue weighted by Gasteiger charge is -2.26. The molecule has 5 heteroatoms. The maximum atomic E-state index is 12.7. The maximum absolute atomic E-state index is 12.7. The van der Waals surface area contributed by atoms with Gasteiger partial charge in [-0.1, -0.05) is 36.4 Å². The van der Waals surface area contributed by atoms with Crippen molar-refractivity contribution in [3.05, 3.63) is 42.5 Å². The highest BCUT2D eigenvalue weighted by Crippen LogP contribution is 2.27. The third-order valence-electron chi connectivity index (χ3n) is 3.34. The Morgan fingerprint density at radius 2 is 1.63 bits per heavy atom. The molecule has 1 heterocycles. The number of fused-ring (bicyclic) bond motifs is 1. The average molecular weight is 293 g/mol. The van der Waals surface area contributed by atoms with Crippen molar-refractivity contribution in [2.45, 2.75) is 4.90 Å². The van der Waals surface area contributed by atoms with Gasteiger partial charge in [-0.05, 0) is 11.5 Å². The van der Waals surface area contributed by atoms with Gasteiger partial charge in [-0.2, -0.15) is 16.1 Å². The summed E-state index contributed by atoms with van der Waals surface area (Å²) in [6.07, 6.45) is 0. The molecule has 0 atom stereocenters. The van der Waals surface area contributed by atoms with E-state index in [0.717, 1.165) is 22.3 Å². The van der Waals surface area contributed by atoms with Crippen molar-refractivity contribution < 1.29 is 8.42 Å². The Hall–Kier alpha value is -1.04. The van der Waals surface area contributed by atoms with Gasteiger partial charge in [0.1, 0.15) is 0 Å². The standard InChI is InChI=1S/C14H15NO2S2/c16-19(17,15-8-10-18-11-9-15)14-7-3-5-12-4-1-2-6-13(12)14/h1-7H,8-11H2. The molecule has 100 valence electrons. The van der Waals surface area contributed by atoms with Gasteiger partial charge in [-0.3, -0.25) is 0 Å². The van der Waals surface area contributed by atoms with E-state index >= 15 is 0 Å². The number of thioether (sulfide) groups is 1. The largest absolute Gasteiger partial charge is 0.243 e. The average Bonchev–Trinajstić information content (AvgIpc) is 2.47. The number of benzene rings is 2. The summed E-state index contributed by atoms with van der Waals surface area (Å²) in [6, 6.07) is 13.1. The summed E-state index contributed by atoms with van der Waals surface area (Å²) in [6.45, 7) is 1.21. The molecule has 2 aromatic carbocycles. The number of hydrogen-bond acceptors (Lipinski definition) is 3. The minimum Gasteiger partial charge on any atom is -0.207 e. The topological polar surface area (TPSA) is 37.4 Å². The van der Waals surface area contributed by atoms with Crippen LogP contribution in [0.25, 0.3) is 10.8 Å². The van der Waals surface area contributed by atoms with E-state index in [9.17, 15) is 8.42 Å². The highest BCUT2D eigenvalue weighted by molar-refractivity contribution is 7.99. The molecule has 3 rings (SSSR count). The molecule has 1 aliphatic rings. The van der Waals surface area contributed by atoms with E-state index in [-0.39, 0.29) is 0 Å². The van der Waals surface area contributed by atoms with Crippen molar-refractivity contribution in [1.82, 2.24) is 4.31 Å². The van der Waals surface area contributed by atoms with E-state index in [1.54, 1.807) is 10.4 Å². The minimum atomic E-state index is -3.37. The molecular weight excluding hydrogens is 278 g/mol. The fourth-order valence-corrected chi connectivity index (χ4v) is 5.14. The van der Waals surface area contributed by atoms with Crippen LogP contribution in [0.15, 0.2) is 47.4 Å².